The molecule has 0 bridgehead atoms. The minimum atomic E-state index is -0.320. The van der Waals surface area contributed by atoms with Gasteiger partial charge in [-0.3, -0.25) is 9.13 Å². The second-order valence-electron chi connectivity index (χ2n) is 7.22. The third kappa shape index (κ3) is 3.95. The van der Waals surface area contributed by atoms with E-state index < -0.39 is 0 Å². The number of para-hydroxylation sites is 2. The van der Waals surface area contributed by atoms with E-state index in [-0.39, 0.29) is 5.76 Å². The molecule has 1 saturated heterocycles. The van der Waals surface area contributed by atoms with Gasteiger partial charge in [-0.2, -0.15) is 0 Å². The average Bonchev–Trinajstić information content (AvgIpc) is 3.23. The van der Waals surface area contributed by atoms with Crippen molar-refractivity contribution in [3.63, 3.8) is 0 Å². The van der Waals surface area contributed by atoms with E-state index in [1.807, 2.05) is 24.3 Å². The Bertz CT molecular complexity index is 987. The van der Waals surface area contributed by atoms with Gasteiger partial charge in [0.05, 0.1) is 18.7 Å². The molecule has 1 fully saturated rings. The number of oxazole rings is 1. The largest absolute Gasteiger partial charge is 0.419 e. The van der Waals surface area contributed by atoms with Crippen LogP contribution >= 0.6 is 11.8 Å². The molecule has 0 aliphatic carbocycles. The Balaban J connectivity index is 1.50. The van der Waals surface area contributed by atoms with Crippen LogP contribution in [0.4, 0.5) is 5.95 Å². The van der Waals surface area contributed by atoms with Gasteiger partial charge in [-0.1, -0.05) is 37.7 Å². The third-order valence-electron chi connectivity index (χ3n) is 4.66. The van der Waals surface area contributed by atoms with Crippen LogP contribution in [0.1, 0.15) is 13.8 Å². The van der Waals surface area contributed by atoms with Crippen molar-refractivity contribution in [2.24, 2.45) is 5.92 Å². The van der Waals surface area contributed by atoms with Gasteiger partial charge in [-0.15, -0.1) is 10.2 Å². The monoisotopic (exact) mass is 403 g/mol. The minimum Gasteiger partial charge on any atom is -0.408 e. The molecule has 28 heavy (non-hydrogen) atoms. The van der Waals surface area contributed by atoms with Gasteiger partial charge >= 0.3 is 5.76 Å². The number of aromatic nitrogens is 4. The number of anilines is 1. The number of hydrogen-bond donors (Lipinski definition) is 0. The molecular weight excluding hydrogens is 378 g/mol. The fraction of sp³-hybridized carbons (Fsp3) is 0.526. The zero-order valence-electron chi connectivity index (χ0n) is 16.2. The Morgan fingerprint density at radius 2 is 1.93 bits per heavy atom. The molecule has 8 nitrogen and oxygen atoms in total. The molecule has 4 rings (SSSR count). The van der Waals surface area contributed by atoms with Crippen molar-refractivity contribution in [3.8, 4) is 0 Å². The van der Waals surface area contributed by atoms with Crippen LogP contribution in [0.25, 0.3) is 11.1 Å². The van der Waals surface area contributed by atoms with Crippen molar-refractivity contribution in [2.45, 2.75) is 32.1 Å². The fourth-order valence-corrected chi connectivity index (χ4v) is 4.23. The summed E-state index contributed by atoms with van der Waals surface area (Å²) in [5, 5.41) is 9.77. The molecular formula is C19H25N5O3S. The molecule has 1 aliphatic heterocycles. The first kappa shape index (κ1) is 19.1. The molecule has 0 radical (unpaired) electrons. The molecule has 0 atom stereocenters. The summed E-state index contributed by atoms with van der Waals surface area (Å²) >= 11 is 1.62. The molecule has 2 aromatic heterocycles. The number of benzene rings is 1. The van der Waals surface area contributed by atoms with E-state index in [1.54, 1.807) is 16.3 Å². The zero-order valence-corrected chi connectivity index (χ0v) is 17.0. The molecule has 150 valence electrons. The maximum atomic E-state index is 12.1. The Labute approximate surface area is 167 Å². The van der Waals surface area contributed by atoms with Crippen LogP contribution in [0.2, 0.25) is 0 Å². The number of morpholine rings is 1. The summed E-state index contributed by atoms with van der Waals surface area (Å²) in [6.07, 6.45) is 0. The van der Waals surface area contributed by atoms with E-state index in [0.717, 1.165) is 36.3 Å². The van der Waals surface area contributed by atoms with E-state index in [2.05, 4.69) is 33.5 Å². The quantitative estimate of drug-likeness (QED) is 0.561. The summed E-state index contributed by atoms with van der Waals surface area (Å²) < 4.78 is 14.6. The summed E-state index contributed by atoms with van der Waals surface area (Å²) in [6.45, 7) is 8.89. The van der Waals surface area contributed by atoms with Crippen molar-refractivity contribution in [1.29, 1.82) is 0 Å². The Morgan fingerprint density at radius 1 is 1.14 bits per heavy atom. The normalized spacial score (nSPS) is 15.0. The van der Waals surface area contributed by atoms with Crippen molar-refractivity contribution >= 4 is 28.8 Å². The van der Waals surface area contributed by atoms with Gasteiger partial charge in [-0.25, -0.2) is 4.79 Å². The molecule has 1 aliphatic rings. The number of fused-ring (bicyclic) bond motifs is 1. The van der Waals surface area contributed by atoms with Crippen LogP contribution in [0, 0.1) is 5.92 Å². The predicted octanol–water partition coefficient (Wildman–Crippen LogP) is 2.47. The molecule has 9 heteroatoms. The van der Waals surface area contributed by atoms with E-state index >= 15 is 0 Å². The second-order valence-corrected chi connectivity index (χ2v) is 8.28. The number of rotatable bonds is 7. The lowest BCUT2D eigenvalue weighted by atomic mass is 10.2. The Morgan fingerprint density at radius 3 is 2.71 bits per heavy atom. The van der Waals surface area contributed by atoms with Crippen LogP contribution in [-0.2, 0) is 17.8 Å². The fourth-order valence-electron chi connectivity index (χ4n) is 3.36. The standard InChI is InChI=1S/C19H25N5O3S/c1-14(2)13-24-17(22-7-10-26-11-8-22)20-21-18(24)28-12-9-23-15-5-3-4-6-16(15)27-19(23)25/h3-6,14H,7-13H2,1-2H3. The number of thioether (sulfide) groups is 1. The molecule has 3 aromatic rings. The lowest BCUT2D eigenvalue weighted by Crippen LogP contribution is -2.38. The van der Waals surface area contributed by atoms with Crippen LogP contribution in [0.3, 0.4) is 0 Å². The number of hydrogen-bond acceptors (Lipinski definition) is 7. The third-order valence-corrected chi connectivity index (χ3v) is 5.61. The van der Waals surface area contributed by atoms with E-state index in [9.17, 15) is 4.79 Å². The van der Waals surface area contributed by atoms with Gasteiger partial charge in [0.25, 0.3) is 0 Å². The predicted molar refractivity (Wildman–Crippen MR) is 109 cm³/mol. The first-order chi connectivity index (χ1) is 13.6. The van der Waals surface area contributed by atoms with Crippen molar-refractivity contribution in [1.82, 2.24) is 19.3 Å². The summed E-state index contributed by atoms with van der Waals surface area (Å²) in [6, 6.07) is 7.50. The van der Waals surface area contributed by atoms with Crippen molar-refractivity contribution in [3.05, 3.63) is 34.8 Å². The molecule has 3 heterocycles. The molecule has 1 aromatic carbocycles. The summed E-state index contributed by atoms with van der Waals surface area (Å²) in [4.78, 5) is 14.4. The van der Waals surface area contributed by atoms with Gasteiger partial charge in [0, 0.05) is 31.9 Å². The van der Waals surface area contributed by atoms with Crippen LogP contribution < -0.4 is 10.7 Å². The number of ether oxygens (including phenoxy) is 1. The minimum absolute atomic E-state index is 0.320. The second kappa shape index (κ2) is 8.40. The molecule has 0 saturated carbocycles. The lowest BCUT2D eigenvalue weighted by Gasteiger charge is -2.28. The smallest absolute Gasteiger partial charge is 0.408 e. The maximum Gasteiger partial charge on any atom is 0.419 e. The Hall–Kier alpha value is -2.26. The van der Waals surface area contributed by atoms with E-state index in [4.69, 9.17) is 9.15 Å². The molecule has 0 spiro atoms. The maximum absolute atomic E-state index is 12.1. The Kier molecular flexibility index (Phi) is 5.72. The van der Waals surface area contributed by atoms with Crippen LogP contribution in [0.15, 0.2) is 38.6 Å². The first-order valence-electron chi connectivity index (χ1n) is 9.60. The molecule has 0 amide bonds. The first-order valence-corrected chi connectivity index (χ1v) is 10.6. The molecule has 0 N–H and O–H groups in total. The van der Waals surface area contributed by atoms with E-state index in [1.165, 1.54) is 0 Å². The van der Waals surface area contributed by atoms with Crippen LogP contribution in [-0.4, -0.2) is 51.4 Å². The summed E-state index contributed by atoms with van der Waals surface area (Å²) in [5.74, 6) is 1.78. The van der Waals surface area contributed by atoms with Gasteiger partial charge in [0.15, 0.2) is 10.7 Å². The average molecular weight is 404 g/mol. The van der Waals surface area contributed by atoms with Gasteiger partial charge in [0.1, 0.15) is 0 Å². The van der Waals surface area contributed by atoms with Crippen LogP contribution in [0.5, 0.6) is 0 Å². The highest BCUT2D eigenvalue weighted by Gasteiger charge is 2.21. The van der Waals surface area contributed by atoms with Gasteiger partial charge in [0.2, 0.25) is 5.95 Å². The number of nitrogens with zero attached hydrogens (tertiary/aromatic N) is 5. The highest BCUT2D eigenvalue weighted by Crippen LogP contribution is 2.24. The topological polar surface area (TPSA) is 78.3 Å². The van der Waals surface area contributed by atoms with Gasteiger partial charge < -0.3 is 14.1 Å². The van der Waals surface area contributed by atoms with Gasteiger partial charge in [-0.05, 0) is 18.1 Å². The lowest BCUT2D eigenvalue weighted by molar-refractivity contribution is 0.121. The van der Waals surface area contributed by atoms with E-state index in [0.29, 0.717) is 37.0 Å². The molecule has 0 unspecified atom stereocenters. The highest BCUT2D eigenvalue weighted by atomic mass is 32.2. The zero-order chi connectivity index (χ0) is 19.5. The van der Waals surface area contributed by atoms with Crippen molar-refractivity contribution < 1.29 is 9.15 Å². The van der Waals surface area contributed by atoms with Crippen molar-refractivity contribution in [2.75, 3.05) is 37.0 Å². The summed E-state index contributed by atoms with van der Waals surface area (Å²) in [7, 11) is 0. The number of aryl methyl sites for hydroxylation is 1. The SMILES string of the molecule is CC(C)Cn1c(SCCn2c(=O)oc3ccccc32)nnc1N1CCOCC1. The highest BCUT2D eigenvalue weighted by molar-refractivity contribution is 7.99. The summed E-state index contributed by atoms with van der Waals surface area (Å²) in [5.41, 5.74) is 1.45.